The van der Waals surface area contributed by atoms with Crippen molar-refractivity contribution in [2.75, 3.05) is 0 Å². The SMILES string of the molecule is CC.CC1CC(F)C(C)C(F)C1.CC1CCC(C)C(F)C1. The van der Waals surface area contributed by atoms with E-state index >= 15 is 0 Å². The molecule has 2 rings (SSSR count). The lowest BCUT2D eigenvalue weighted by atomic mass is 9.81. The number of hydrogen-bond donors (Lipinski definition) is 0. The zero-order valence-electron chi connectivity index (χ0n) is 14.7. The van der Waals surface area contributed by atoms with Crippen LogP contribution in [-0.4, -0.2) is 18.5 Å². The highest BCUT2D eigenvalue weighted by atomic mass is 19.1. The number of halogens is 3. The molecule has 0 bridgehead atoms. The van der Waals surface area contributed by atoms with Crippen molar-refractivity contribution >= 4 is 0 Å². The normalized spacial score (nSPS) is 43.0. The van der Waals surface area contributed by atoms with E-state index < -0.39 is 18.5 Å². The first kappa shape index (κ1) is 20.8. The van der Waals surface area contributed by atoms with Crippen molar-refractivity contribution in [3.63, 3.8) is 0 Å². The molecule has 0 nitrogen and oxygen atoms in total. The third-order valence-electron chi connectivity index (χ3n) is 4.76. The quantitative estimate of drug-likeness (QED) is 0.477. The summed E-state index contributed by atoms with van der Waals surface area (Å²) < 4.78 is 38.5. The highest BCUT2D eigenvalue weighted by Gasteiger charge is 2.33. The molecule has 5 atom stereocenters. The molecule has 2 aliphatic carbocycles. The summed E-state index contributed by atoms with van der Waals surface area (Å²) in [6, 6.07) is 0. The molecule has 0 radical (unpaired) electrons. The highest BCUT2D eigenvalue weighted by Crippen LogP contribution is 2.32. The molecule has 0 N–H and O–H groups in total. The van der Waals surface area contributed by atoms with E-state index in [9.17, 15) is 13.2 Å². The summed E-state index contributed by atoms with van der Waals surface area (Å²) >= 11 is 0. The van der Waals surface area contributed by atoms with Crippen LogP contribution in [0.1, 0.15) is 73.6 Å². The Balaban J connectivity index is 0.000000342. The Morgan fingerprint density at radius 1 is 0.619 bits per heavy atom. The first-order valence-electron chi connectivity index (χ1n) is 8.73. The summed E-state index contributed by atoms with van der Waals surface area (Å²) in [5.41, 5.74) is 0. The van der Waals surface area contributed by atoms with Gasteiger partial charge in [-0.25, -0.2) is 13.2 Å². The van der Waals surface area contributed by atoms with Crippen LogP contribution in [0.5, 0.6) is 0 Å². The van der Waals surface area contributed by atoms with E-state index in [1.807, 2.05) is 27.7 Å². The standard InChI is InChI=1S/C8H14F2.C8H15F.C2H6/c1-5-3-7(9)6(2)8(10)4-5;1-6-3-4-7(2)8(9)5-6;1-2/h5-8H,3-4H2,1-2H3;6-8H,3-5H2,1-2H3;1-2H3. The van der Waals surface area contributed by atoms with Gasteiger partial charge in [-0.1, -0.05) is 48.0 Å². The molecule has 0 aromatic heterocycles. The molecule has 3 heteroatoms. The minimum absolute atomic E-state index is 0.223. The van der Waals surface area contributed by atoms with E-state index in [-0.39, 0.29) is 11.8 Å². The second-order valence-electron chi connectivity index (χ2n) is 6.88. The summed E-state index contributed by atoms with van der Waals surface area (Å²) in [6.07, 6.45) is 1.83. The molecule has 0 amide bonds. The van der Waals surface area contributed by atoms with Gasteiger partial charge in [-0.15, -0.1) is 0 Å². The largest absolute Gasteiger partial charge is 0.247 e. The molecule has 0 aromatic carbocycles. The van der Waals surface area contributed by atoms with E-state index in [4.69, 9.17) is 0 Å². The summed E-state index contributed by atoms with van der Waals surface area (Å²) in [4.78, 5) is 0. The maximum atomic E-state index is 12.8. The Morgan fingerprint density at radius 3 is 1.43 bits per heavy atom. The van der Waals surface area contributed by atoms with Crippen molar-refractivity contribution in [1.29, 1.82) is 0 Å². The van der Waals surface area contributed by atoms with Gasteiger partial charge in [0.1, 0.15) is 18.5 Å². The first-order valence-corrected chi connectivity index (χ1v) is 8.73. The molecule has 21 heavy (non-hydrogen) atoms. The molecular formula is C18H35F3. The molecule has 0 heterocycles. The minimum Gasteiger partial charge on any atom is -0.247 e. The van der Waals surface area contributed by atoms with Gasteiger partial charge >= 0.3 is 0 Å². The van der Waals surface area contributed by atoms with Crippen molar-refractivity contribution < 1.29 is 13.2 Å². The summed E-state index contributed by atoms with van der Waals surface area (Å²) in [6.45, 7) is 11.7. The maximum Gasteiger partial charge on any atom is 0.106 e. The van der Waals surface area contributed by atoms with Crippen molar-refractivity contribution in [1.82, 2.24) is 0 Å². The van der Waals surface area contributed by atoms with Gasteiger partial charge in [0, 0.05) is 5.92 Å². The molecule has 0 saturated heterocycles. The van der Waals surface area contributed by atoms with Crippen molar-refractivity contribution in [3.8, 4) is 0 Å². The molecule has 0 spiro atoms. The van der Waals surface area contributed by atoms with Crippen LogP contribution < -0.4 is 0 Å². The van der Waals surface area contributed by atoms with E-state index in [1.165, 1.54) is 6.42 Å². The lowest BCUT2D eigenvalue weighted by Gasteiger charge is -2.30. The average Bonchev–Trinajstić information content (AvgIpc) is 2.43. The Bertz CT molecular complexity index is 245. The van der Waals surface area contributed by atoms with Crippen molar-refractivity contribution in [2.24, 2.45) is 23.7 Å². The van der Waals surface area contributed by atoms with Gasteiger partial charge < -0.3 is 0 Å². The Hall–Kier alpha value is -0.210. The molecule has 0 aromatic rings. The van der Waals surface area contributed by atoms with Crippen LogP contribution in [0.4, 0.5) is 13.2 Å². The van der Waals surface area contributed by atoms with Gasteiger partial charge in [-0.2, -0.15) is 0 Å². The van der Waals surface area contributed by atoms with Crippen LogP contribution >= 0.6 is 0 Å². The van der Waals surface area contributed by atoms with E-state index in [1.54, 1.807) is 6.92 Å². The summed E-state index contributed by atoms with van der Waals surface area (Å²) in [7, 11) is 0. The molecule has 2 fully saturated rings. The monoisotopic (exact) mass is 308 g/mol. The summed E-state index contributed by atoms with van der Waals surface area (Å²) in [5.74, 6) is 0.787. The number of rotatable bonds is 0. The van der Waals surface area contributed by atoms with Crippen LogP contribution in [0.15, 0.2) is 0 Å². The zero-order chi connectivity index (χ0) is 16.6. The predicted octanol–water partition coefficient (Wildman–Crippen LogP) is 6.54. The van der Waals surface area contributed by atoms with Gasteiger partial charge in [-0.05, 0) is 43.4 Å². The second kappa shape index (κ2) is 10.5. The highest BCUT2D eigenvalue weighted by molar-refractivity contribution is 4.82. The van der Waals surface area contributed by atoms with Crippen molar-refractivity contribution in [3.05, 3.63) is 0 Å². The Kier molecular flexibility index (Phi) is 10.4. The lowest BCUT2D eigenvalue weighted by molar-refractivity contribution is 0.0603. The minimum atomic E-state index is -0.918. The van der Waals surface area contributed by atoms with Crippen LogP contribution in [0.2, 0.25) is 0 Å². The smallest absolute Gasteiger partial charge is 0.106 e. The average molecular weight is 308 g/mol. The van der Waals surface area contributed by atoms with Crippen LogP contribution in [0, 0.1) is 23.7 Å². The number of hydrogen-bond acceptors (Lipinski definition) is 0. The fraction of sp³-hybridized carbons (Fsp3) is 1.00. The molecular weight excluding hydrogens is 273 g/mol. The van der Waals surface area contributed by atoms with Gasteiger partial charge in [0.2, 0.25) is 0 Å². The number of alkyl halides is 3. The molecule has 2 aliphatic rings. The van der Waals surface area contributed by atoms with E-state index in [0.717, 1.165) is 12.8 Å². The van der Waals surface area contributed by atoms with Crippen LogP contribution in [0.25, 0.3) is 0 Å². The van der Waals surface area contributed by atoms with Gasteiger partial charge in [0.15, 0.2) is 0 Å². The molecule has 2 saturated carbocycles. The Labute approximate surface area is 129 Å². The van der Waals surface area contributed by atoms with Crippen LogP contribution in [0.3, 0.4) is 0 Å². The second-order valence-corrected chi connectivity index (χ2v) is 6.88. The fourth-order valence-electron chi connectivity index (χ4n) is 2.98. The van der Waals surface area contributed by atoms with Crippen molar-refractivity contribution in [2.45, 2.75) is 92.2 Å². The maximum absolute atomic E-state index is 12.8. The predicted molar refractivity (Wildman–Crippen MR) is 85.8 cm³/mol. The third kappa shape index (κ3) is 7.56. The molecule has 5 unspecified atom stereocenters. The topological polar surface area (TPSA) is 0 Å². The lowest BCUT2D eigenvalue weighted by Crippen LogP contribution is -2.32. The Morgan fingerprint density at radius 2 is 1.05 bits per heavy atom. The van der Waals surface area contributed by atoms with E-state index in [2.05, 4.69) is 6.92 Å². The van der Waals surface area contributed by atoms with E-state index in [0.29, 0.717) is 24.7 Å². The molecule has 128 valence electrons. The van der Waals surface area contributed by atoms with Gasteiger partial charge in [0.25, 0.3) is 0 Å². The summed E-state index contributed by atoms with van der Waals surface area (Å²) in [5, 5.41) is 0. The zero-order valence-corrected chi connectivity index (χ0v) is 14.7. The van der Waals surface area contributed by atoms with Gasteiger partial charge in [0.05, 0.1) is 0 Å². The van der Waals surface area contributed by atoms with Gasteiger partial charge in [-0.3, -0.25) is 0 Å². The molecule has 0 aliphatic heterocycles. The third-order valence-corrected chi connectivity index (χ3v) is 4.76. The fourth-order valence-corrected chi connectivity index (χ4v) is 2.98. The van der Waals surface area contributed by atoms with Crippen LogP contribution in [-0.2, 0) is 0 Å². The first-order chi connectivity index (χ1) is 9.81.